The van der Waals surface area contributed by atoms with Crippen molar-refractivity contribution in [3.8, 4) is 0 Å². The summed E-state index contributed by atoms with van der Waals surface area (Å²) in [4.78, 5) is 2.59. The lowest BCUT2D eigenvalue weighted by molar-refractivity contribution is 0.125. The molecule has 0 saturated carbocycles. The van der Waals surface area contributed by atoms with Crippen LogP contribution in [0.15, 0.2) is 0 Å². The highest BCUT2D eigenvalue weighted by atomic mass is 16.5. The molecule has 0 aromatic heterocycles. The monoisotopic (exact) mass is 228 g/mol. The number of methoxy groups -OCH3 is 1. The molecule has 0 aliphatic carbocycles. The molecule has 1 aliphatic rings. The standard InChI is InChI=1S/C13H28N2O/c1-4-8-15(9-12(2)11-16-3)10-13-6-5-7-14-13/h12-14H,4-11H2,1-3H3. The summed E-state index contributed by atoms with van der Waals surface area (Å²) >= 11 is 0. The number of nitrogens with one attached hydrogen (secondary N) is 1. The van der Waals surface area contributed by atoms with Gasteiger partial charge >= 0.3 is 0 Å². The van der Waals surface area contributed by atoms with Crippen molar-refractivity contribution in [2.24, 2.45) is 5.92 Å². The lowest BCUT2D eigenvalue weighted by atomic mass is 10.1. The predicted molar refractivity (Wildman–Crippen MR) is 68.8 cm³/mol. The molecule has 96 valence electrons. The van der Waals surface area contributed by atoms with Crippen molar-refractivity contribution < 1.29 is 4.74 Å². The SMILES string of the molecule is CCCN(CC(C)COC)CC1CCCN1. The minimum atomic E-state index is 0.637. The van der Waals surface area contributed by atoms with E-state index in [-0.39, 0.29) is 0 Å². The molecule has 1 rings (SSSR count). The first kappa shape index (κ1) is 13.9. The molecule has 0 aromatic rings. The molecule has 0 amide bonds. The Bertz CT molecular complexity index is 169. The number of nitrogens with zero attached hydrogens (tertiary/aromatic N) is 1. The Balaban J connectivity index is 2.27. The topological polar surface area (TPSA) is 24.5 Å². The van der Waals surface area contributed by atoms with Crippen LogP contribution in [0.2, 0.25) is 0 Å². The molecular weight excluding hydrogens is 200 g/mol. The molecule has 0 aromatic carbocycles. The minimum Gasteiger partial charge on any atom is -0.384 e. The zero-order chi connectivity index (χ0) is 11.8. The normalized spacial score (nSPS) is 22.9. The quantitative estimate of drug-likeness (QED) is 0.685. The zero-order valence-corrected chi connectivity index (χ0v) is 11.2. The lowest BCUT2D eigenvalue weighted by Crippen LogP contribution is -2.40. The van der Waals surface area contributed by atoms with Gasteiger partial charge in [0, 0.05) is 32.8 Å². The maximum Gasteiger partial charge on any atom is 0.0500 e. The van der Waals surface area contributed by atoms with Gasteiger partial charge in [-0.1, -0.05) is 13.8 Å². The van der Waals surface area contributed by atoms with Crippen LogP contribution >= 0.6 is 0 Å². The Kier molecular flexibility index (Phi) is 7.01. The second-order valence-electron chi connectivity index (χ2n) is 5.11. The van der Waals surface area contributed by atoms with Gasteiger partial charge in [0.25, 0.3) is 0 Å². The van der Waals surface area contributed by atoms with Crippen LogP contribution in [0.25, 0.3) is 0 Å². The molecule has 1 N–H and O–H groups in total. The van der Waals surface area contributed by atoms with Gasteiger partial charge in [0.2, 0.25) is 0 Å². The van der Waals surface area contributed by atoms with Crippen LogP contribution in [0.1, 0.15) is 33.1 Å². The van der Waals surface area contributed by atoms with E-state index < -0.39 is 0 Å². The molecule has 0 bridgehead atoms. The van der Waals surface area contributed by atoms with E-state index in [1.165, 1.54) is 45.4 Å². The van der Waals surface area contributed by atoms with Crippen molar-refractivity contribution in [2.45, 2.75) is 39.2 Å². The van der Waals surface area contributed by atoms with Gasteiger partial charge in [-0.15, -0.1) is 0 Å². The number of hydrogen-bond acceptors (Lipinski definition) is 3. The fourth-order valence-corrected chi connectivity index (χ4v) is 2.58. The van der Waals surface area contributed by atoms with Gasteiger partial charge in [0.15, 0.2) is 0 Å². The van der Waals surface area contributed by atoms with Crippen molar-refractivity contribution in [1.29, 1.82) is 0 Å². The van der Waals surface area contributed by atoms with Crippen LogP contribution < -0.4 is 5.32 Å². The molecule has 3 nitrogen and oxygen atoms in total. The van der Waals surface area contributed by atoms with Crippen LogP contribution in [0, 0.1) is 5.92 Å². The number of hydrogen-bond donors (Lipinski definition) is 1. The molecule has 2 unspecified atom stereocenters. The molecule has 1 aliphatic heterocycles. The van der Waals surface area contributed by atoms with Crippen molar-refractivity contribution in [3.63, 3.8) is 0 Å². The molecule has 3 heteroatoms. The second kappa shape index (κ2) is 8.04. The Hall–Kier alpha value is -0.120. The molecular formula is C13H28N2O. The smallest absolute Gasteiger partial charge is 0.0500 e. The van der Waals surface area contributed by atoms with E-state index in [0.29, 0.717) is 5.92 Å². The van der Waals surface area contributed by atoms with E-state index in [9.17, 15) is 0 Å². The van der Waals surface area contributed by atoms with E-state index in [1.54, 1.807) is 7.11 Å². The summed E-state index contributed by atoms with van der Waals surface area (Å²) in [7, 11) is 1.79. The van der Waals surface area contributed by atoms with Crippen LogP contribution in [0.4, 0.5) is 0 Å². The highest BCUT2D eigenvalue weighted by Crippen LogP contribution is 2.09. The first-order valence-electron chi connectivity index (χ1n) is 6.71. The Morgan fingerprint density at radius 3 is 2.88 bits per heavy atom. The van der Waals surface area contributed by atoms with E-state index in [0.717, 1.165) is 12.6 Å². The van der Waals surface area contributed by atoms with Crippen molar-refractivity contribution in [3.05, 3.63) is 0 Å². The summed E-state index contributed by atoms with van der Waals surface area (Å²) in [6.07, 6.45) is 3.93. The number of rotatable bonds is 8. The summed E-state index contributed by atoms with van der Waals surface area (Å²) in [5.74, 6) is 0.637. The molecule has 0 radical (unpaired) electrons. The third-order valence-corrected chi connectivity index (χ3v) is 3.20. The van der Waals surface area contributed by atoms with Gasteiger partial charge in [-0.05, 0) is 38.3 Å². The van der Waals surface area contributed by atoms with Gasteiger partial charge in [0.05, 0.1) is 0 Å². The fraction of sp³-hybridized carbons (Fsp3) is 1.00. The predicted octanol–water partition coefficient (Wildman–Crippen LogP) is 1.73. The van der Waals surface area contributed by atoms with Crippen LogP contribution in [-0.2, 0) is 4.74 Å². The maximum absolute atomic E-state index is 5.21. The highest BCUT2D eigenvalue weighted by Gasteiger charge is 2.18. The van der Waals surface area contributed by atoms with E-state index in [4.69, 9.17) is 4.74 Å². The summed E-state index contributed by atoms with van der Waals surface area (Å²) in [5, 5.41) is 3.58. The molecule has 1 saturated heterocycles. The third kappa shape index (κ3) is 5.28. The minimum absolute atomic E-state index is 0.637. The molecule has 2 atom stereocenters. The van der Waals surface area contributed by atoms with Crippen molar-refractivity contribution in [2.75, 3.05) is 39.9 Å². The summed E-state index contributed by atoms with van der Waals surface area (Å²) < 4.78 is 5.21. The Labute approximate surface area is 101 Å². The van der Waals surface area contributed by atoms with E-state index in [1.807, 2.05) is 0 Å². The molecule has 16 heavy (non-hydrogen) atoms. The van der Waals surface area contributed by atoms with Gasteiger partial charge in [-0.25, -0.2) is 0 Å². The fourth-order valence-electron chi connectivity index (χ4n) is 2.58. The summed E-state index contributed by atoms with van der Waals surface area (Å²) in [6, 6.07) is 0.723. The van der Waals surface area contributed by atoms with Gasteiger partial charge in [-0.2, -0.15) is 0 Å². The molecule has 0 spiro atoms. The summed E-state index contributed by atoms with van der Waals surface area (Å²) in [5.41, 5.74) is 0. The zero-order valence-electron chi connectivity index (χ0n) is 11.2. The first-order chi connectivity index (χ1) is 7.76. The van der Waals surface area contributed by atoms with Gasteiger partial charge in [0.1, 0.15) is 0 Å². The Morgan fingerprint density at radius 2 is 2.31 bits per heavy atom. The largest absolute Gasteiger partial charge is 0.384 e. The molecule has 1 fully saturated rings. The van der Waals surface area contributed by atoms with E-state index in [2.05, 4.69) is 24.1 Å². The highest BCUT2D eigenvalue weighted by molar-refractivity contribution is 4.78. The van der Waals surface area contributed by atoms with Crippen LogP contribution in [0.3, 0.4) is 0 Å². The van der Waals surface area contributed by atoms with Crippen LogP contribution in [0.5, 0.6) is 0 Å². The average Bonchev–Trinajstić information content (AvgIpc) is 2.71. The van der Waals surface area contributed by atoms with E-state index >= 15 is 0 Å². The number of ether oxygens (including phenoxy) is 1. The van der Waals surface area contributed by atoms with Crippen molar-refractivity contribution in [1.82, 2.24) is 10.2 Å². The third-order valence-electron chi connectivity index (χ3n) is 3.20. The maximum atomic E-state index is 5.21. The average molecular weight is 228 g/mol. The Morgan fingerprint density at radius 1 is 1.50 bits per heavy atom. The van der Waals surface area contributed by atoms with Crippen LogP contribution in [-0.4, -0.2) is 50.8 Å². The van der Waals surface area contributed by atoms with Gasteiger partial charge in [-0.3, -0.25) is 0 Å². The summed E-state index contributed by atoms with van der Waals surface area (Å²) in [6.45, 7) is 10.2. The lowest BCUT2D eigenvalue weighted by Gasteiger charge is -2.27. The second-order valence-corrected chi connectivity index (χ2v) is 5.11. The molecule has 1 heterocycles. The first-order valence-corrected chi connectivity index (χ1v) is 6.71. The van der Waals surface area contributed by atoms with Crippen molar-refractivity contribution >= 4 is 0 Å². The van der Waals surface area contributed by atoms with Gasteiger partial charge < -0.3 is 15.0 Å².